The van der Waals surface area contributed by atoms with Crippen molar-refractivity contribution >= 4 is 11.9 Å². The monoisotopic (exact) mass is 242 g/mol. The minimum atomic E-state index is -0.881. The van der Waals surface area contributed by atoms with Crippen LogP contribution in [0.3, 0.4) is 0 Å². The standard InChI is InChI=1S/C13H22O4/c1-9(10-6-4-3-5-7-10)11(13(15)16)8-12(14)17-2/h9-11H,3-8H2,1-2H3,(H,15,16). The molecule has 1 fully saturated rings. The maximum atomic E-state index is 11.2. The third kappa shape index (κ3) is 4.02. The summed E-state index contributed by atoms with van der Waals surface area (Å²) in [5.74, 6) is -1.43. The van der Waals surface area contributed by atoms with E-state index in [1.807, 2.05) is 6.92 Å². The molecule has 0 radical (unpaired) electrons. The van der Waals surface area contributed by atoms with Gasteiger partial charge in [0.05, 0.1) is 19.4 Å². The van der Waals surface area contributed by atoms with E-state index >= 15 is 0 Å². The van der Waals surface area contributed by atoms with Gasteiger partial charge in [0.25, 0.3) is 0 Å². The maximum absolute atomic E-state index is 11.2. The maximum Gasteiger partial charge on any atom is 0.307 e. The summed E-state index contributed by atoms with van der Waals surface area (Å²) in [6.45, 7) is 1.96. The molecule has 0 heterocycles. The van der Waals surface area contributed by atoms with Gasteiger partial charge in [-0.1, -0.05) is 39.0 Å². The Morgan fingerprint density at radius 1 is 1.29 bits per heavy atom. The summed E-state index contributed by atoms with van der Waals surface area (Å²) in [6, 6.07) is 0. The zero-order valence-electron chi connectivity index (χ0n) is 10.6. The van der Waals surface area contributed by atoms with Crippen molar-refractivity contribution in [2.75, 3.05) is 7.11 Å². The van der Waals surface area contributed by atoms with Crippen LogP contribution in [0.4, 0.5) is 0 Å². The molecule has 98 valence electrons. The zero-order valence-corrected chi connectivity index (χ0v) is 10.6. The average molecular weight is 242 g/mol. The highest BCUT2D eigenvalue weighted by Crippen LogP contribution is 2.35. The van der Waals surface area contributed by atoms with Gasteiger partial charge in [-0.05, 0) is 11.8 Å². The van der Waals surface area contributed by atoms with Gasteiger partial charge < -0.3 is 9.84 Å². The second-order valence-electron chi connectivity index (χ2n) is 4.98. The van der Waals surface area contributed by atoms with Gasteiger partial charge in [0, 0.05) is 0 Å². The van der Waals surface area contributed by atoms with E-state index in [2.05, 4.69) is 4.74 Å². The lowest BCUT2D eigenvalue weighted by Crippen LogP contribution is -2.31. The third-order valence-electron chi connectivity index (χ3n) is 3.96. The number of carbonyl (C=O) groups is 2. The largest absolute Gasteiger partial charge is 0.481 e. The Hall–Kier alpha value is -1.06. The molecule has 0 aliphatic heterocycles. The van der Waals surface area contributed by atoms with Crippen LogP contribution >= 0.6 is 0 Å². The van der Waals surface area contributed by atoms with Crippen molar-refractivity contribution < 1.29 is 19.4 Å². The lowest BCUT2D eigenvalue weighted by Gasteiger charge is -2.31. The van der Waals surface area contributed by atoms with Crippen LogP contribution in [0.2, 0.25) is 0 Å². The summed E-state index contributed by atoms with van der Waals surface area (Å²) in [6.07, 6.45) is 5.78. The van der Waals surface area contributed by atoms with Crippen molar-refractivity contribution in [2.24, 2.45) is 17.8 Å². The van der Waals surface area contributed by atoms with Crippen LogP contribution in [0, 0.1) is 17.8 Å². The molecule has 4 nitrogen and oxygen atoms in total. The molecule has 2 unspecified atom stereocenters. The molecule has 1 rings (SSSR count). The summed E-state index contributed by atoms with van der Waals surface area (Å²) < 4.78 is 4.57. The van der Waals surface area contributed by atoms with Crippen LogP contribution in [-0.2, 0) is 14.3 Å². The summed E-state index contributed by atoms with van der Waals surface area (Å²) in [5.41, 5.74) is 0. The van der Waals surface area contributed by atoms with Crippen molar-refractivity contribution in [1.82, 2.24) is 0 Å². The molecule has 0 amide bonds. The fourth-order valence-electron chi connectivity index (χ4n) is 2.75. The van der Waals surface area contributed by atoms with Gasteiger partial charge in [-0.2, -0.15) is 0 Å². The minimum absolute atomic E-state index is 0.0104. The first-order valence-corrected chi connectivity index (χ1v) is 6.36. The Kier molecular flexibility index (Phi) is 5.45. The van der Waals surface area contributed by atoms with E-state index < -0.39 is 17.9 Å². The molecule has 1 aliphatic rings. The van der Waals surface area contributed by atoms with Gasteiger partial charge in [-0.15, -0.1) is 0 Å². The molecular formula is C13H22O4. The number of hydrogen-bond donors (Lipinski definition) is 1. The van der Waals surface area contributed by atoms with E-state index in [4.69, 9.17) is 0 Å². The number of methoxy groups -OCH3 is 1. The molecule has 0 aromatic rings. The predicted molar refractivity (Wildman–Crippen MR) is 63.5 cm³/mol. The zero-order chi connectivity index (χ0) is 12.8. The summed E-state index contributed by atoms with van der Waals surface area (Å²) >= 11 is 0. The van der Waals surface area contributed by atoms with Crippen molar-refractivity contribution in [3.63, 3.8) is 0 Å². The quantitative estimate of drug-likeness (QED) is 0.752. The Labute approximate surface area is 102 Å². The van der Waals surface area contributed by atoms with Crippen LogP contribution < -0.4 is 0 Å². The number of ether oxygens (including phenoxy) is 1. The van der Waals surface area contributed by atoms with Crippen LogP contribution in [0.15, 0.2) is 0 Å². The van der Waals surface area contributed by atoms with Gasteiger partial charge in [0.1, 0.15) is 0 Å². The Bertz CT molecular complexity index is 269. The van der Waals surface area contributed by atoms with Gasteiger partial charge in [-0.3, -0.25) is 9.59 Å². The molecule has 1 N–H and O–H groups in total. The number of rotatable bonds is 5. The number of carboxylic acids is 1. The van der Waals surface area contributed by atoms with Crippen molar-refractivity contribution in [2.45, 2.75) is 45.4 Å². The second kappa shape index (κ2) is 6.62. The highest BCUT2D eigenvalue weighted by Gasteiger charge is 2.33. The first-order chi connectivity index (χ1) is 8.06. The smallest absolute Gasteiger partial charge is 0.307 e. The SMILES string of the molecule is COC(=O)CC(C(=O)O)C(C)C1CCCCC1. The average Bonchev–Trinajstić information content (AvgIpc) is 2.35. The second-order valence-corrected chi connectivity index (χ2v) is 4.98. The van der Waals surface area contributed by atoms with E-state index in [1.54, 1.807) is 0 Å². The van der Waals surface area contributed by atoms with Gasteiger partial charge in [0.2, 0.25) is 0 Å². The van der Waals surface area contributed by atoms with Crippen LogP contribution in [0.5, 0.6) is 0 Å². The summed E-state index contributed by atoms with van der Waals surface area (Å²) in [7, 11) is 1.30. The molecule has 4 heteroatoms. The molecule has 0 aromatic heterocycles. The van der Waals surface area contributed by atoms with E-state index in [0.29, 0.717) is 5.92 Å². The predicted octanol–water partition coefficient (Wildman–Crippen LogP) is 2.47. The molecular weight excluding hydrogens is 220 g/mol. The number of hydrogen-bond acceptors (Lipinski definition) is 3. The number of carboxylic acid groups (broad SMARTS) is 1. The Morgan fingerprint density at radius 3 is 2.35 bits per heavy atom. The third-order valence-corrected chi connectivity index (χ3v) is 3.96. The Morgan fingerprint density at radius 2 is 1.88 bits per heavy atom. The molecule has 0 saturated heterocycles. The molecule has 1 aliphatic carbocycles. The highest BCUT2D eigenvalue weighted by molar-refractivity contribution is 5.78. The highest BCUT2D eigenvalue weighted by atomic mass is 16.5. The van der Waals surface area contributed by atoms with Crippen LogP contribution in [0.1, 0.15) is 45.4 Å². The fraction of sp³-hybridized carbons (Fsp3) is 0.846. The lowest BCUT2D eigenvalue weighted by atomic mass is 9.74. The van der Waals surface area contributed by atoms with Crippen molar-refractivity contribution in [3.05, 3.63) is 0 Å². The first kappa shape index (κ1) is 14.0. The first-order valence-electron chi connectivity index (χ1n) is 6.36. The van der Waals surface area contributed by atoms with Gasteiger partial charge in [0.15, 0.2) is 0 Å². The molecule has 0 aromatic carbocycles. The lowest BCUT2D eigenvalue weighted by molar-refractivity contribution is -0.152. The van der Waals surface area contributed by atoms with E-state index in [9.17, 15) is 14.7 Å². The number of carbonyl (C=O) groups excluding carboxylic acids is 1. The minimum Gasteiger partial charge on any atom is -0.481 e. The fourth-order valence-corrected chi connectivity index (χ4v) is 2.75. The Balaban J connectivity index is 2.61. The van der Waals surface area contributed by atoms with Crippen molar-refractivity contribution in [3.8, 4) is 0 Å². The number of esters is 1. The summed E-state index contributed by atoms with van der Waals surface area (Å²) in [5, 5.41) is 9.21. The number of aliphatic carboxylic acids is 1. The molecule has 17 heavy (non-hydrogen) atoms. The van der Waals surface area contributed by atoms with Crippen molar-refractivity contribution in [1.29, 1.82) is 0 Å². The van der Waals surface area contributed by atoms with Gasteiger partial charge >= 0.3 is 11.9 Å². The molecule has 0 bridgehead atoms. The summed E-state index contributed by atoms with van der Waals surface area (Å²) in [4.78, 5) is 22.5. The van der Waals surface area contributed by atoms with E-state index in [0.717, 1.165) is 12.8 Å². The van der Waals surface area contributed by atoms with Crippen LogP contribution in [0.25, 0.3) is 0 Å². The van der Waals surface area contributed by atoms with Crippen LogP contribution in [-0.4, -0.2) is 24.2 Å². The molecule has 2 atom stereocenters. The molecule has 0 spiro atoms. The van der Waals surface area contributed by atoms with Gasteiger partial charge in [-0.25, -0.2) is 0 Å². The topological polar surface area (TPSA) is 63.6 Å². The van der Waals surface area contributed by atoms with E-state index in [-0.39, 0.29) is 12.3 Å². The molecule has 1 saturated carbocycles. The normalized spacial score (nSPS) is 20.6. The van der Waals surface area contributed by atoms with E-state index in [1.165, 1.54) is 26.4 Å².